The van der Waals surface area contributed by atoms with Gasteiger partial charge in [-0.3, -0.25) is 19.2 Å². The Morgan fingerprint density at radius 3 is 2.06 bits per heavy atom. The summed E-state index contributed by atoms with van der Waals surface area (Å²) in [7, 11) is 0. The van der Waals surface area contributed by atoms with E-state index in [1.54, 1.807) is 12.1 Å². The number of amides is 3. The normalized spacial score (nSPS) is 24.8. The average Bonchev–Trinajstić information content (AvgIpc) is 3.53. The number of benzene rings is 2. The maximum Gasteiger partial charge on any atom is 0.275 e. The predicted octanol–water partition coefficient (Wildman–Crippen LogP) is 5.69. The number of allylic oxidation sites excluding steroid dienone is 2. The summed E-state index contributed by atoms with van der Waals surface area (Å²) >= 11 is 24.4. The molecule has 0 spiro atoms. The molecule has 10 heteroatoms. The van der Waals surface area contributed by atoms with Gasteiger partial charge in [-0.2, -0.15) is 5.01 Å². The fraction of sp³-hybridized carbons (Fsp3) is 0.308. The summed E-state index contributed by atoms with van der Waals surface area (Å²) in [5, 5.41) is 2.59. The zero-order valence-electron chi connectivity index (χ0n) is 18.7. The molecule has 186 valence electrons. The molecule has 2 fully saturated rings. The summed E-state index contributed by atoms with van der Waals surface area (Å²) in [4.78, 5) is 55.0. The van der Waals surface area contributed by atoms with Crippen molar-refractivity contribution in [2.24, 2.45) is 23.7 Å². The van der Waals surface area contributed by atoms with Crippen LogP contribution in [-0.2, 0) is 9.59 Å². The maximum atomic E-state index is 14.0. The van der Waals surface area contributed by atoms with Crippen LogP contribution in [0.15, 0.2) is 54.6 Å². The number of rotatable bonds is 7. The van der Waals surface area contributed by atoms with Gasteiger partial charge >= 0.3 is 0 Å². The number of nitrogens with zero attached hydrogens (tertiary/aromatic N) is 2. The number of imide groups is 1. The number of ketones is 1. The zero-order valence-corrected chi connectivity index (χ0v) is 21.8. The molecule has 1 saturated carbocycles. The summed E-state index contributed by atoms with van der Waals surface area (Å²) in [6.45, 7) is 0. The molecule has 2 bridgehead atoms. The highest BCUT2D eigenvalue weighted by Crippen LogP contribution is 2.53. The molecule has 0 aromatic heterocycles. The summed E-state index contributed by atoms with van der Waals surface area (Å²) in [6.07, 6.45) is 4.64. The Bertz CT molecular complexity index is 1270. The summed E-state index contributed by atoms with van der Waals surface area (Å²) in [5.41, 5.74) is 0.263. The lowest BCUT2D eigenvalue weighted by Crippen LogP contribution is -2.58. The molecular weight excluding hydrogens is 546 g/mol. The van der Waals surface area contributed by atoms with Gasteiger partial charge in [0.1, 0.15) is 6.04 Å². The van der Waals surface area contributed by atoms with Crippen LogP contribution in [0.3, 0.4) is 0 Å². The van der Waals surface area contributed by atoms with Crippen molar-refractivity contribution in [1.82, 2.24) is 10.0 Å². The number of Topliss-reactive ketones (excluding diaryl/α,β-unsaturated/α-hetero) is 1. The third kappa shape index (κ3) is 4.14. The second-order valence-electron chi connectivity index (χ2n) is 9.13. The van der Waals surface area contributed by atoms with Gasteiger partial charge in [0.15, 0.2) is 5.78 Å². The number of carbonyl (C=O) groups excluding carboxylic acids is 4. The van der Waals surface area contributed by atoms with Crippen molar-refractivity contribution in [2.75, 3.05) is 5.88 Å². The van der Waals surface area contributed by atoms with Gasteiger partial charge in [0.25, 0.3) is 17.7 Å². The number of hydrazine groups is 1. The lowest BCUT2D eigenvalue weighted by atomic mass is 9.85. The molecule has 5 rings (SSSR count). The number of fused-ring (bicyclic) bond motifs is 5. The highest BCUT2D eigenvalue weighted by atomic mass is 35.5. The number of carbonyl (C=O) groups is 4. The Morgan fingerprint density at radius 1 is 0.917 bits per heavy atom. The van der Waals surface area contributed by atoms with Crippen LogP contribution in [0.5, 0.6) is 0 Å². The number of hydrogen-bond acceptors (Lipinski definition) is 4. The summed E-state index contributed by atoms with van der Waals surface area (Å²) in [5.74, 6) is -3.52. The van der Waals surface area contributed by atoms with E-state index in [2.05, 4.69) is 0 Å². The standard InChI is InChI=1S/C26H20Cl4N2O4/c27-10-9-20(23(33)13-3-5-16(28)6-4-13)31(24(34)18-8-7-17(29)12-19(18)30)32-25(35)21-14-1-2-15(11-14)22(21)26(32)36/h1-8,12,14-15,20-22H,9-11H2/t14-,15-,20-,21-,22+/m0/s1. The van der Waals surface area contributed by atoms with Crippen LogP contribution < -0.4 is 0 Å². The monoisotopic (exact) mass is 564 g/mol. The van der Waals surface area contributed by atoms with Gasteiger partial charge in [0.05, 0.1) is 22.4 Å². The van der Waals surface area contributed by atoms with Gasteiger partial charge in [0, 0.05) is 21.5 Å². The second kappa shape index (κ2) is 9.82. The van der Waals surface area contributed by atoms with Crippen LogP contribution in [-0.4, -0.2) is 45.4 Å². The van der Waals surface area contributed by atoms with E-state index in [0.717, 1.165) is 16.4 Å². The van der Waals surface area contributed by atoms with E-state index in [4.69, 9.17) is 46.4 Å². The molecule has 1 heterocycles. The minimum atomic E-state index is -1.24. The first-order valence-electron chi connectivity index (χ1n) is 11.4. The molecule has 2 aromatic rings. The van der Waals surface area contributed by atoms with E-state index in [9.17, 15) is 19.2 Å². The van der Waals surface area contributed by atoms with E-state index in [-0.39, 0.29) is 40.3 Å². The van der Waals surface area contributed by atoms with Gasteiger partial charge in [-0.15, -0.1) is 11.6 Å². The highest BCUT2D eigenvalue weighted by molar-refractivity contribution is 6.37. The van der Waals surface area contributed by atoms with Gasteiger partial charge < -0.3 is 0 Å². The van der Waals surface area contributed by atoms with Crippen LogP contribution in [0.25, 0.3) is 0 Å². The molecular formula is C26H20Cl4N2O4. The largest absolute Gasteiger partial charge is 0.292 e. The molecule has 2 aromatic carbocycles. The first-order chi connectivity index (χ1) is 17.2. The van der Waals surface area contributed by atoms with Crippen molar-refractivity contribution in [1.29, 1.82) is 0 Å². The Hall–Kier alpha value is -2.38. The number of hydrogen-bond donors (Lipinski definition) is 0. The van der Waals surface area contributed by atoms with Gasteiger partial charge in [-0.05, 0) is 67.1 Å². The van der Waals surface area contributed by atoms with Gasteiger partial charge in [-0.1, -0.05) is 47.0 Å². The molecule has 0 unspecified atom stereocenters. The molecule has 2 aliphatic carbocycles. The van der Waals surface area contributed by atoms with E-state index in [0.29, 0.717) is 10.0 Å². The Morgan fingerprint density at radius 2 is 1.50 bits per heavy atom. The molecule has 0 N–H and O–H groups in total. The van der Waals surface area contributed by atoms with E-state index >= 15 is 0 Å². The second-order valence-corrected chi connectivity index (χ2v) is 10.8. The fourth-order valence-corrected chi connectivity index (χ4v) is 6.35. The SMILES string of the molecule is O=C(c1ccc(Cl)cc1)[C@H](CCCl)N(C(=O)c1ccc(Cl)cc1Cl)N1C(=O)[C@@H]2[C@H](C1=O)[C@H]1C=C[C@H]2C1. The predicted molar refractivity (Wildman–Crippen MR) is 137 cm³/mol. The molecule has 3 amide bonds. The van der Waals surface area contributed by atoms with Crippen molar-refractivity contribution in [3.63, 3.8) is 0 Å². The van der Waals surface area contributed by atoms with E-state index < -0.39 is 41.4 Å². The van der Waals surface area contributed by atoms with Crippen LogP contribution in [0, 0.1) is 23.7 Å². The van der Waals surface area contributed by atoms with Crippen LogP contribution >= 0.6 is 46.4 Å². The molecule has 3 aliphatic rings. The first-order valence-corrected chi connectivity index (χ1v) is 13.1. The minimum Gasteiger partial charge on any atom is -0.292 e. The van der Waals surface area contributed by atoms with Crippen molar-refractivity contribution < 1.29 is 19.2 Å². The average molecular weight is 566 g/mol. The minimum absolute atomic E-state index is 0.00197. The van der Waals surface area contributed by atoms with Gasteiger partial charge in [0.2, 0.25) is 0 Å². The molecule has 0 radical (unpaired) electrons. The smallest absolute Gasteiger partial charge is 0.275 e. The summed E-state index contributed by atoms with van der Waals surface area (Å²) in [6, 6.07) is 9.18. The molecule has 5 atom stereocenters. The summed E-state index contributed by atoms with van der Waals surface area (Å²) < 4.78 is 0. The Balaban J connectivity index is 1.61. The zero-order chi connectivity index (χ0) is 25.7. The highest BCUT2D eigenvalue weighted by Gasteiger charge is 2.62. The third-order valence-electron chi connectivity index (χ3n) is 7.14. The van der Waals surface area contributed by atoms with E-state index in [1.807, 2.05) is 12.2 Å². The maximum absolute atomic E-state index is 14.0. The fourth-order valence-electron chi connectivity index (χ4n) is 5.53. The third-order valence-corrected chi connectivity index (χ3v) is 8.16. The van der Waals surface area contributed by atoms with Crippen LogP contribution in [0.1, 0.15) is 33.6 Å². The number of halogens is 4. The lowest BCUT2D eigenvalue weighted by molar-refractivity contribution is -0.157. The Labute approximate surface area is 227 Å². The van der Waals surface area contributed by atoms with Crippen LogP contribution in [0.2, 0.25) is 15.1 Å². The van der Waals surface area contributed by atoms with Crippen molar-refractivity contribution >= 4 is 69.9 Å². The molecule has 1 aliphatic heterocycles. The number of alkyl halides is 1. The first kappa shape index (κ1) is 25.3. The lowest BCUT2D eigenvalue weighted by Gasteiger charge is -2.37. The topological polar surface area (TPSA) is 74.8 Å². The quantitative estimate of drug-likeness (QED) is 0.187. The Kier molecular flexibility index (Phi) is 6.90. The van der Waals surface area contributed by atoms with Crippen molar-refractivity contribution in [3.8, 4) is 0 Å². The molecule has 36 heavy (non-hydrogen) atoms. The van der Waals surface area contributed by atoms with Crippen LogP contribution in [0.4, 0.5) is 0 Å². The van der Waals surface area contributed by atoms with E-state index in [1.165, 1.54) is 30.3 Å². The molecule has 6 nitrogen and oxygen atoms in total. The van der Waals surface area contributed by atoms with Gasteiger partial charge in [-0.25, -0.2) is 5.01 Å². The van der Waals surface area contributed by atoms with Crippen molar-refractivity contribution in [2.45, 2.75) is 18.9 Å². The molecule has 1 saturated heterocycles. The van der Waals surface area contributed by atoms with Crippen molar-refractivity contribution in [3.05, 3.63) is 80.8 Å².